The van der Waals surface area contributed by atoms with Gasteiger partial charge in [-0.05, 0) is 37.1 Å². The van der Waals surface area contributed by atoms with Crippen molar-refractivity contribution < 1.29 is 22.7 Å². The van der Waals surface area contributed by atoms with Gasteiger partial charge in [0.1, 0.15) is 0 Å². The Hall–Kier alpha value is -1.54. The van der Waals surface area contributed by atoms with Gasteiger partial charge in [0.15, 0.2) is 6.10 Å². The first-order valence-corrected chi connectivity index (χ1v) is 7.04. The van der Waals surface area contributed by atoms with Gasteiger partial charge >= 0.3 is 6.18 Å². The number of thioether (sulfide) groups is 1. The van der Waals surface area contributed by atoms with Crippen LogP contribution >= 0.6 is 11.8 Å². The van der Waals surface area contributed by atoms with Crippen LogP contribution in [0.15, 0.2) is 27.8 Å². The predicted octanol–water partition coefficient (Wildman–Crippen LogP) is 3.37. The Bertz CT molecular complexity index is 628. The molecular weight excluding hydrogens is 305 g/mol. The van der Waals surface area contributed by atoms with E-state index in [1.165, 1.54) is 0 Å². The molecule has 0 aliphatic carbocycles. The lowest BCUT2D eigenvalue weighted by atomic mass is 10.1. The number of hydrogen-bond acceptors (Lipinski definition) is 5. The summed E-state index contributed by atoms with van der Waals surface area (Å²) < 4.78 is 41.8. The van der Waals surface area contributed by atoms with Gasteiger partial charge in [0.05, 0.1) is 0 Å². The zero-order valence-corrected chi connectivity index (χ0v) is 12.1. The summed E-state index contributed by atoms with van der Waals surface area (Å²) in [5, 5.41) is 16.4. The van der Waals surface area contributed by atoms with E-state index in [2.05, 4.69) is 10.2 Å². The zero-order chi connectivity index (χ0) is 15.6. The normalized spacial score (nSPS) is 13.4. The van der Waals surface area contributed by atoms with Crippen molar-refractivity contribution in [3.63, 3.8) is 0 Å². The minimum absolute atomic E-state index is 0.00784. The number of aliphatic hydroxyl groups is 1. The fraction of sp³-hybridized carbons (Fsp3) is 0.385. The summed E-state index contributed by atoms with van der Waals surface area (Å²) in [5.74, 6) is -0.347. The molecule has 0 spiro atoms. The molecule has 2 rings (SSSR count). The van der Waals surface area contributed by atoms with Crippen LogP contribution < -0.4 is 0 Å². The van der Waals surface area contributed by atoms with E-state index < -0.39 is 18.0 Å². The minimum atomic E-state index is -4.65. The van der Waals surface area contributed by atoms with Crippen LogP contribution in [0.2, 0.25) is 0 Å². The highest BCUT2D eigenvalue weighted by Crippen LogP contribution is 2.28. The number of rotatable bonds is 4. The molecule has 1 N–H and O–H groups in total. The molecular formula is C13H13F3N2O2S. The van der Waals surface area contributed by atoms with E-state index in [4.69, 9.17) is 9.52 Å². The van der Waals surface area contributed by atoms with Gasteiger partial charge in [0, 0.05) is 11.3 Å². The molecule has 1 atom stereocenters. The monoisotopic (exact) mass is 318 g/mol. The van der Waals surface area contributed by atoms with E-state index in [0.29, 0.717) is 17.3 Å². The van der Waals surface area contributed by atoms with Crippen LogP contribution in [0.1, 0.15) is 11.1 Å². The maximum Gasteiger partial charge on any atom is 0.415 e. The van der Waals surface area contributed by atoms with Crippen LogP contribution in [0.25, 0.3) is 11.5 Å². The second kappa shape index (κ2) is 6.07. The molecule has 1 heterocycles. The van der Waals surface area contributed by atoms with E-state index in [-0.39, 0.29) is 11.1 Å². The van der Waals surface area contributed by atoms with Crippen molar-refractivity contribution in [2.24, 2.45) is 0 Å². The van der Waals surface area contributed by atoms with Crippen LogP contribution in [0.3, 0.4) is 0 Å². The lowest BCUT2D eigenvalue weighted by molar-refractivity contribution is -0.195. The van der Waals surface area contributed by atoms with Gasteiger partial charge in [-0.1, -0.05) is 17.8 Å². The van der Waals surface area contributed by atoms with Crippen LogP contribution in [0.5, 0.6) is 0 Å². The maximum absolute atomic E-state index is 12.2. The summed E-state index contributed by atoms with van der Waals surface area (Å²) >= 11 is 0.668. The van der Waals surface area contributed by atoms with E-state index >= 15 is 0 Å². The molecule has 1 aromatic carbocycles. The molecule has 0 radical (unpaired) electrons. The standard InChI is InChI=1S/C13H13F3N2O2S/c1-7-3-4-9(5-8(7)2)11-17-18-12(20-11)21-6-10(19)13(14,15)16/h3-5,10,19H,6H2,1-2H3/t10-/m0/s1. The smallest absolute Gasteiger partial charge is 0.411 e. The molecule has 0 aliphatic rings. The van der Waals surface area contributed by atoms with Gasteiger partial charge in [-0.2, -0.15) is 13.2 Å². The van der Waals surface area contributed by atoms with Gasteiger partial charge in [-0.15, -0.1) is 10.2 Å². The summed E-state index contributed by atoms with van der Waals surface area (Å²) in [4.78, 5) is 0. The van der Waals surface area contributed by atoms with E-state index in [1.807, 2.05) is 26.0 Å². The van der Waals surface area contributed by atoms with Gasteiger partial charge in [0.2, 0.25) is 5.89 Å². The molecule has 1 aromatic heterocycles. The lowest BCUT2D eigenvalue weighted by Crippen LogP contribution is -2.30. The van der Waals surface area contributed by atoms with Crippen molar-refractivity contribution in [2.75, 3.05) is 5.75 Å². The number of hydrogen-bond donors (Lipinski definition) is 1. The topological polar surface area (TPSA) is 59.2 Å². The van der Waals surface area contributed by atoms with Crippen molar-refractivity contribution in [2.45, 2.75) is 31.4 Å². The number of benzene rings is 1. The second-order valence-corrected chi connectivity index (χ2v) is 5.51. The molecule has 114 valence electrons. The van der Waals surface area contributed by atoms with Crippen LogP contribution in [0, 0.1) is 13.8 Å². The van der Waals surface area contributed by atoms with E-state index in [0.717, 1.165) is 11.1 Å². The number of alkyl halides is 3. The quantitative estimate of drug-likeness (QED) is 0.876. The second-order valence-electron chi connectivity index (χ2n) is 4.54. The fourth-order valence-corrected chi connectivity index (χ4v) is 2.23. The van der Waals surface area contributed by atoms with Gasteiger partial charge < -0.3 is 9.52 Å². The van der Waals surface area contributed by atoms with Crippen molar-refractivity contribution in [1.29, 1.82) is 0 Å². The largest absolute Gasteiger partial charge is 0.415 e. The molecule has 0 aliphatic heterocycles. The number of nitrogens with zero attached hydrogens (tertiary/aromatic N) is 2. The fourth-order valence-electron chi connectivity index (χ4n) is 1.50. The van der Waals surface area contributed by atoms with Crippen molar-refractivity contribution in [3.8, 4) is 11.5 Å². The maximum atomic E-state index is 12.2. The molecule has 0 amide bonds. The van der Waals surface area contributed by atoms with Gasteiger partial charge in [-0.3, -0.25) is 0 Å². The van der Waals surface area contributed by atoms with Crippen LogP contribution in [0.4, 0.5) is 13.2 Å². The number of aromatic nitrogens is 2. The average molecular weight is 318 g/mol. The predicted molar refractivity (Wildman–Crippen MR) is 72.0 cm³/mol. The third-order valence-corrected chi connectivity index (χ3v) is 3.80. The summed E-state index contributed by atoms with van der Waals surface area (Å²) in [6.45, 7) is 3.90. The molecule has 4 nitrogen and oxygen atoms in total. The summed E-state index contributed by atoms with van der Waals surface area (Å²) in [7, 11) is 0. The van der Waals surface area contributed by atoms with Crippen LogP contribution in [-0.2, 0) is 0 Å². The number of aryl methyl sites for hydroxylation is 2. The first-order valence-electron chi connectivity index (χ1n) is 6.06. The van der Waals surface area contributed by atoms with E-state index in [1.54, 1.807) is 6.07 Å². The number of halogens is 3. The Morgan fingerprint density at radius 3 is 2.57 bits per heavy atom. The molecule has 8 heteroatoms. The third kappa shape index (κ3) is 3.98. The average Bonchev–Trinajstić information content (AvgIpc) is 2.87. The highest BCUT2D eigenvalue weighted by molar-refractivity contribution is 7.99. The Kier molecular flexibility index (Phi) is 4.58. The molecule has 0 unspecified atom stereocenters. The highest BCUT2D eigenvalue weighted by Gasteiger charge is 2.38. The molecule has 0 bridgehead atoms. The number of aliphatic hydroxyl groups excluding tert-OH is 1. The molecule has 0 saturated heterocycles. The lowest BCUT2D eigenvalue weighted by Gasteiger charge is -2.12. The molecule has 0 fully saturated rings. The first kappa shape index (κ1) is 15.8. The SMILES string of the molecule is Cc1ccc(-c2nnc(SC[C@H](O)C(F)(F)F)o2)cc1C. The Labute approximate surface area is 123 Å². The Morgan fingerprint density at radius 2 is 1.95 bits per heavy atom. The summed E-state index contributed by atoms with van der Waals surface area (Å²) in [6, 6.07) is 5.56. The third-order valence-electron chi connectivity index (χ3n) is 2.90. The first-order chi connectivity index (χ1) is 9.77. The van der Waals surface area contributed by atoms with Gasteiger partial charge in [0.25, 0.3) is 5.22 Å². The van der Waals surface area contributed by atoms with Crippen molar-refractivity contribution >= 4 is 11.8 Å². The molecule has 2 aromatic rings. The zero-order valence-electron chi connectivity index (χ0n) is 11.3. The minimum Gasteiger partial charge on any atom is -0.411 e. The van der Waals surface area contributed by atoms with Crippen molar-refractivity contribution in [3.05, 3.63) is 29.3 Å². The highest BCUT2D eigenvalue weighted by atomic mass is 32.2. The molecule has 0 saturated carbocycles. The van der Waals surface area contributed by atoms with Crippen molar-refractivity contribution in [1.82, 2.24) is 10.2 Å². The Balaban J connectivity index is 2.06. The summed E-state index contributed by atoms with van der Waals surface area (Å²) in [5.41, 5.74) is 2.86. The summed E-state index contributed by atoms with van der Waals surface area (Å²) in [6.07, 6.45) is -7.07. The molecule has 21 heavy (non-hydrogen) atoms. The van der Waals surface area contributed by atoms with E-state index in [9.17, 15) is 13.2 Å². The Morgan fingerprint density at radius 1 is 1.24 bits per heavy atom. The van der Waals surface area contributed by atoms with Gasteiger partial charge in [-0.25, -0.2) is 0 Å². The van der Waals surface area contributed by atoms with Crippen LogP contribution in [-0.4, -0.2) is 33.3 Å².